The van der Waals surface area contributed by atoms with E-state index in [9.17, 15) is 9.59 Å². The highest BCUT2D eigenvalue weighted by molar-refractivity contribution is 5.92. The van der Waals surface area contributed by atoms with Crippen molar-refractivity contribution in [2.75, 3.05) is 7.11 Å². The van der Waals surface area contributed by atoms with Crippen LogP contribution in [0.5, 0.6) is 0 Å². The summed E-state index contributed by atoms with van der Waals surface area (Å²) in [7, 11) is 1.72. The quantitative estimate of drug-likeness (QED) is 0.341. The zero-order valence-electron chi connectivity index (χ0n) is 13.7. The van der Waals surface area contributed by atoms with Gasteiger partial charge in [0.05, 0.1) is 17.9 Å². The summed E-state index contributed by atoms with van der Waals surface area (Å²) < 4.78 is 21.6. The van der Waals surface area contributed by atoms with Gasteiger partial charge in [0, 0.05) is 24.7 Å². The first kappa shape index (κ1) is 15.4. The Morgan fingerprint density at radius 2 is 2.04 bits per heavy atom. The molecule has 1 fully saturated rings. The van der Waals surface area contributed by atoms with Crippen molar-refractivity contribution in [3.63, 3.8) is 0 Å². The molecule has 1 saturated heterocycles. The summed E-state index contributed by atoms with van der Waals surface area (Å²) in [5.74, 6) is -0.740. The smallest absolute Gasteiger partial charge is 0.338 e. The van der Waals surface area contributed by atoms with Crippen LogP contribution in [0.15, 0.2) is 34.6 Å². The van der Waals surface area contributed by atoms with Crippen molar-refractivity contribution < 1.29 is 28.5 Å². The third kappa shape index (κ3) is 2.45. The molecule has 0 saturated carbocycles. The summed E-state index contributed by atoms with van der Waals surface area (Å²) in [4.78, 5) is 23.6. The van der Waals surface area contributed by atoms with Crippen LogP contribution in [0.1, 0.15) is 32.6 Å². The molecule has 0 aromatic carbocycles. The van der Waals surface area contributed by atoms with Crippen molar-refractivity contribution in [2.45, 2.75) is 51.1 Å². The molecule has 4 unspecified atom stereocenters. The van der Waals surface area contributed by atoms with Crippen molar-refractivity contribution in [3.8, 4) is 0 Å². The molecule has 6 heteroatoms. The Morgan fingerprint density at radius 1 is 1.21 bits per heavy atom. The van der Waals surface area contributed by atoms with E-state index in [0.29, 0.717) is 11.1 Å². The van der Waals surface area contributed by atoms with Crippen molar-refractivity contribution in [2.24, 2.45) is 5.92 Å². The van der Waals surface area contributed by atoms with Gasteiger partial charge in [-0.1, -0.05) is 5.57 Å². The molecule has 0 aromatic rings. The maximum Gasteiger partial charge on any atom is 0.338 e. The number of ether oxygens (including phenoxy) is 4. The maximum absolute atomic E-state index is 12.2. The molecule has 2 aliphatic carbocycles. The minimum Gasteiger partial charge on any atom is -0.458 e. The number of fused-ring (bicyclic) bond motifs is 2. The number of carbonyl (C=O) groups is 2. The largest absolute Gasteiger partial charge is 0.458 e. The predicted octanol–water partition coefficient (Wildman–Crippen LogP) is 2.16. The molecule has 2 aliphatic heterocycles. The first-order valence-corrected chi connectivity index (χ1v) is 8.26. The maximum atomic E-state index is 12.2. The summed E-state index contributed by atoms with van der Waals surface area (Å²) >= 11 is 0. The third-order valence-electron chi connectivity index (χ3n) is 5.31. The van der Waals surface area contributed by atoms with Crippen LogP contribution in [0, 0.1) is 5.92 Å². The minimum atomic E-state index is -0.765. The van der Waals surface area contributed by atoms with E-state index in [1.54, 1.807) is 20.1 Å². The zero-order valence-corrected chi connectivity index (χ0v) is 13.7. The lowest BCUT2D eigenvalue weighted by atomic mass is 9.91. The normalized spacial score (nSPS) is 36.4. The van der Waals surface area contributed by atoms with Crippen LogP contribution in [0.4, 0.5) is 0 Å². The van der Waals surface area contributed by atoms with Gasteiger partial charge >= 0.3 is 11.9 Å². The van der Waals surface area contributed by atoms with Gasteiger partial charge in [0.25, 0.3) is 6.29 Å². The van der Waals surface area contributed by atoms with Gasteiger partial charge < -0.3 is 18.9 Å². The van der Waals surface area contributed by atoms with Gasteiger partial charge in [0.1, 0.15) is 6.10 Å². The zero-order chi connectivity index (χ0) is 16.8. The molecule has 24 heavy (non-hydrogen) atoms. The van der Waals surface area contributed by atoms with Crippen LogP contribution in [-0.4, -0.2) is 37.5 Å². The van der Waals surface area contributed by atoms with Gasteiger partial charge in [-0.3, -0.25) is 0 Å². The lowest BCUT2D eigenvalue weighted by molar-refractivity contribution is -0.152. The average Bonchev–Trinajstić information content (AvgIpc) is 3.17. The molecule has 4 aliphatic rings. The summed E-state index contributed by atoms with van der Waals surface area (Å²) in [6, 6.07) is 0. The average molecular weight is 332 g/mol. The second-order valence-corrected chi connectivity index (χ2v) is 6.70. The SMILES string of the molecule is COC1CCC2=C(C1)C1OC(=O)/C(=C/OC3C=C(C)C(=O)O3)C1C2. The Bertz CT molecular complexity index is 686. The Morgan fingerprint density at radius 3 is 2.75 bits per heavy atom. The van der Waals surface area contributed by atoms with E-state index in [1.165, 1.54) is 17.4 Å². The standard InChI is InChI=1S/C18H20O6/c1-9-5-15(23-17(9)19)22-8-14-13-6-10-3-4-11(21-2)7-12(10)16(13)24-18(14)20/h5,8,11,13,15-16H,3-4,6-7H2,1-2H3/b14-8+. The van der Waals surface area contributed by atoms with Crippen molar-refractivity contribution in [1.29, 1.82) is 0 Å². The van der Waals surface area contributed by atoms with Crippen molar-refractivity contribution >= 4 is 11.9 Å². The Kier molecular flexibility index (Phi) is 3.72. The van der Waals surface area contributed by atoms with Gasteiger partial charge in [-0.05, 0) is 38.2 Å². The number of hydrogen-bond donors (Lipinski definition) is 0. The fraction of sp³-hybridized carbons (Fsp3) is 0.556. The summed E-state index contributed by atoms with van der Waals surface area (Å²) in [6.07, 6.45) is 5.92. The fourth-order valence-corrected chi connectivity index (χ4v) is 3.96. The number of carbonyl (C=O) groups excluding carboxylic acids is 2. The molecular weight excluding hydrogens is 312 g/mol. The summed E-state index contributed by atoms with van der Waals surface area (Å²) in [5.41, 5.74) is 3.64. The number of esters is 2. The molecule has 0 amide bonds. The van der Waals surface area contributed by atoms with Crippen molar-refractivity contribution in [1.82, 2.24) is 0 Å². The highest BCUT2D eigenvalue weighted by Gasteiger charge is 2.49. The van der Waals surface area contributed by atoms with Crippen LogP contribution < -0.4 is 0 Å². The predicted molar refractivity (Wildman–Crippen MR) is 82.5 cm³/mol. The van der Waals surface area contributed by atoms with E-state index in [0.717, 1.165) is 25.7 Å². The number of hydrogen-bond acceptors (Lipinski definition) is 6. The van der Waals surface area contributed by atoms with E-state index >= 15 is 0 Å². The number of rotatable bonds is 3. The van der Waals surface area contributed by atoms with Crippen LogP contribution in [0.3, 0.4) is 0 Å². The van der Waals surface area contributed by atoms with E-state index in [4.69, 9.17) is 18.9 Å². The monoisotopic (exact) mass is 332 g/mol. The van der Waals surface area contributed by atoms with Crippen LogP contribution in [0.25, 0.3) is 0 Å². The van der Waals surface area contributed by atoms with Gasteiger partial charge in [-0.15, -0.1) is 0 Å². The number of cyclic esters (lactones) is 1. The molecule has 128 valence electrons. The molecule has 0 N–H and O–H groups in total. The van der Waals surface area contributed by atoms with Gasteiger partial charge in [-0.2, -0.15) is 0 Å². The van der Waals surface area contributed by atoms with E-state index in [1.807, 2.05) is 0 Å². The first-order valence-electron chi connectivity index (χ1n) is 8.26. The molecule has 6 nitrogen and oxygen atoms in total. The summed E-state index contributed by atoms with van der Waals surface area (Å²) in [5, 5.41) is 0. The van der Waals surface area contributed by atoms with Crippen LogP contribution in [-0.2, 0) is 28.5 Å². The Labute approximate surface area is 140 Å². The highest BCUT2D eigenvalue weighted by atomic mass is 16.7. The topological polar surface area (TPSA) is 71.1 Å². The fourth-order valence-electron chi connectivity index (χ4n) is 3.96. The van der Waals surface area contributed by atoms with Crippen LogP contribution in [0.2, 0.25) is 0 Å². The Hall–Kier alpha value is -2.08. The van der Waals surface area contributed by atoms with Gasteiger partial charge in [0.15, 0.2) is 0 Å². The molecule has 4 rings (SSSR count). The van der Waals surface area contributed by atoms with Crippen LogP contribution >= 0.6 is 0 Å². The minimum absolute atomic E-state index is 0.000266. The first-order chi connectivity index (χ1) is 11.6. The number of methoxy groups -OCH3 is 1. The van der Waals surface area contributed by atoms with E-state index in [2.05, 4.69) is 0 Å². The molecule has 0 bridgehead atoms. The lowest BCUT2D eigenvalue weighted by Gasteiger charge is -2.24. The molecule has 4 atom stereocenters. The summed E-state index contributed by atoms with van der Waals surface area (Å²) in [6.45, 7) is 1.67. The number of allylic oxidation sites excluding steroid dienone is 1. The molecule has 0 spiro atoms. The van der Waals surface area contributed by atoms with E-state index in [-0.39, 0.29) is 24.1 Å². The highest BCUT2D eigenvalue weighted by Crippen LogP contribution is 2.48. The molecule has 0 aromatic heterocycles. The van der Waals surface area contributed by atoms with Gasteiger partial charge in [0.2, 0.25) is 0 Å². The Balaban J connectivity index is 1.49. The lowest BCUT2D eigenvalue weighted by Crippen LogP contribution is -2.22. The second kappa shape index (κ2) is 5.77. The second-order valence-electron chi connectivity index (χ2n) is 6.70. The molecular formula is C18H20O6. The third-order valence-corrected chi connectivity index (χ3v) is 5.31. The van der Waals surface area contributed by atoms with E-state index < -0.39 is 12.3 Å². The molecule has 0 radical (unpaired) electrons. The van der Waals surface area contributed by atoms with Crippen molar-refractivity contribution in [3.05, 3.63) is 34.6 Å². The van der Waals surface area contributed by atoms with Gasteiger partial charge in [-0.25, -0.2) is 9.59 Å². The molecule has 2 heterocycles.